The molecular weight excluding hydrogens is 464 g/mol. The average Bonchev–Trinajstić information content (AvgIpc) is 2.80. The third-order valence-corrected chi connectivity index (χ3v) is 6.32. The molecule has 0 unspecified atom stereocenters. The Kier molecular flexibility index (Phi) is 8.03. The first kappa shape index (κ1) is 26.4. The molecule has 35 heavy (non-hydrogen) atoms. The summed E-state index contributed by atoms with van der Waals surface area (Å²) < 4.78 is 52.9. The number of rotatable bonds is 6. The molecule has 1 fully saturated rings. The normalized spacial score (nSPS) is 20.4. The topological polar surface area (TPSA) is 79.6 Å². The van der Waals surface area contributed by atoms with Crippen molar-refractivity contribution in [3.63, 3.8) is 0 Å². The molecule has 6 nitrogen and oxygen atoms in total. The Labute approximate surface area is 201 Å². The molecule has 0 radical (unpaired) electrons. The zero-order valence-corrected chi connectivity index (χ0v) is 19.6. The van der Waals surface area contributed by atoms with Crippen molar-refractivity contribution in [3.05, 3.63) is 65.0 Å². The zero-order valence-electron chi connectivity index (χ0n) is 19.6. The Morgan fingerprint density at radius 2 is 1.86 bits per heavy atom. The minimum atomic E-state index is -4.88. The molecule has 0 saturated heterocycles. The molecule has 0 bridgehead atoms. The van der Waals surface area contributed by atoms with Crippen molar-refractivity contribution in [2.45, 2.75) is 43.5 Å². The monoisotopic (exact) mass is 492 g/mol. The fraction of sp³-hybridized carbons (Fsp3) is 0.440. The highest BCUT2D eigenvalue weighted by molar-refractivity contribution is 5.89. The number of nitrogens with one attached hydrogen (secondary N) is 1. The van der Waals surface area contributed by atoms with Crippen molar-refractivity contribution in [1.29, 1.82) is 5.26 Å². The van der Waals surface area contributed by atoms with Gasteiger partial charge in [-0.05, 0) is 75.7 Å². The van der Waals surface area contributed by atoms with Gasteiger partial charge in [0.15, 0.2) is 0 Å². The Balaban J connectivity index is 1.76. The number of carbonyl (C=O) groups is 1. The van der Waals surface area contributed by atoms with E-state index in [9.17, 15) is 27.5 Å². The number of nitrogens with zero attached hydrogens (tertiary/aromatic N) is 3. The van der Waals surface area contributed by atoms with E-state index in [1.807, 2.05) is 19.0 Å². The van der Waals surface area contributed by atoms with Gasteiger partial charge in [-0.25, -0.2) is 9.18 Å². The highest BCUT2D eigenvalue weighted by Gasteiger charge is 2.38. The van der Waals surface area contributed by atoms with Gasteiger partial charge in [-0.3, -0.25) is 0 Å². The van der Waals surface area contributed by atoms with E-state index in [1.54, 1.807) is 29.2 Å². The van der Waals surface area contributed by atoms with Gasteiger partial charge in [0.2, 0.25) is 0 Å². The van der Waals surface area contributed by atoms with E-state index in [-0.39, 0.29) is 11.7 Å². The summed E-state index contributed by atoms with van der Waals surface area (Å²) >= 11 is 0. The van der Waals surface area contributed by atoms with Crippen molar-refractivity contribution in [1.82, 2.24) is 9.80 Å². The number of urea groups is 1. The Hall–Kier alpha value is -3.16. The van der Waals surface area contributed by atoms with Gasteiger partial charge in [0.1, 0.15) is 5.82 Å². The molecule has 0 aromatic heterocycles. The number of nitriles is 1. The summed E-state index contributed by atoms with van der Waals surface area (Å²) in [5, 5.41) is 22.8. The highest BCUT2D eigenvalue weighted by atomic mass is 19.4. The number of hydrogen-bond acceptors (Lipinski definition) is 4. The van der Waals surface area contributed by atoms with Crippen LogP contribution in [0.4, 0.5) is 28.0 Å². The van der Waals surface area contributed by atoms with Crippen LogP contribution in [0.3, 0.4) is 0 Å². The standard InChI is InChI=1S/C25H28F4N4O2/c1-32(2)12-13-33(23(34)31-19-6-7-22(26)21(15-19)25(27,28)29)20-8-10-24(35,11-9-20)18-5-3-4-17(14-18)16-30/h3-7,14-15,20,35H,8-13H2,1-2H3,(H,31,34)/t20-,24+. The second-order valence-corrected chi connectivity index (χ2v) is 9.07. The lowest BCUT2D eigenvalue weighted by atomic mass is 9.77. The number of likely N-dealkylation sites (N-methyl/N-ethyl adjacent to an activating group) is 1. The van der Waals surface area contributed by atoms with Crippen molar-refractivity contribution >= 4 is 11.7 Å². The van der Waals surface area contributed by atoms with E-state index in [4.69, 9.17) is 5.26 Å². The van der Waals surface area contributed by atoms with E-state index in [2.05, 4.69) is 11.4 Å². The van der Waals surface area contributed by atoms with Crippen molar-refractivity contribution in [3.8, 4) is 6.07 Å². The van der Waals surface area contributed by atoms with E-state index in [1.165, 1.54) is 0 Å². The number of benzene rings is 2. The first-order valence-electron chi connectivity index (χ1n) is 11.2. The minimum absolute atomic E-state index is 0.154. The van der Waals surface area contributed by atoms with E-state index >= 15 is 0 Å². The summed E-state index contributed by atoms with van der Waals surface area (Å²) in [4.78, 5) is 16.5. The molecular formula is C25H28F4N4O2. The van der Waals surface area contributed by atoms with Crippen LogP contribution in [0.25, 0.3) is 0 Å². The Morgan fingerprint density at radius 3 is 2.46 bits per heavy atom. The van der Waals surface area contributed by atoms with Crippen LogP contribution in [0.5, 0.6) is 0 Å². The molecule has 188 valence electrons. The molecule has 2 aromatic rings. The second-order valence-electron chi connectivity index (χ2n) is 9.07. The molecule has 2 aromatic carbocycles. The summed E-state index contributed by atoms with van der Waals surface area (Å²) in [5.41, 5.74) is -1.64. The van der Waals surface area contributed by atoms with Crippen LogP contribution in [-0.2, 0) is 11.8 Å². The molecule has 0 heterocycles. The quantitative estimate of drug-likeness (QED) is 0.560. The molecule has 1 saturated carbocycles. The molecule has 1 aliphatic rings. The zero-order chi connectivity index (χ0) is 25.8. The second kappa shape index (κ2) is 10.6. The molecule has 0 spiro atoms. The van der Waals surface area contributed by atoms with Gasteiger partial charge in [-0.15, -0.1) is 0 Å². The average molecular weight is 493 g/mol. The molecule has 2 N–H and O–H groups in total. The van der Waals surface area contributed by atoms with Gasteiger partial charge in [0, 0.05) is 24.8 Å². The summed E-state index contributed by atoms with van der Waals surface area (Å²) in [6.07, 6.45) is -3.25. The summed E-state index contributed by atoms with van der Waals surface area (Å²) in [5.74, 6) is -1.41. The summed E-state index contributed by atoms with van der Waals surface area (Å²) in [7, 11) is 3.68. The number of amides is 2. The van der Waals surface area contributed by atoms with Gasteiger partial charge in [-0.2, -0.15) is 18.4 Å². The lowest BCUT2D eigenvalue weighted by Gasteiger charge is -2.41. The number of anilines is 1. The lowest BCUT2D eigenvalue weighted by Crippen LogP contribution is -2.49. The molecule has 0 aliphatic heterocycles. The van der Waals surface area contributed by atoms with Crippen LogP contribution >= 0.6 is 0 Å². The predicted molar refractivity (Wildman–Crippen MR) is 123 cm³/mol. The van der Waals surface area contributed by atoms with Crippen LogP contribution in [0.1, 0.15) is 42.4 Å². The number of halogens is 4. The summed E-state index contributed by atoms with van der Waals surface area (Å²) in [6, 6.07) is 10.4. The van der Waals surface area contributed by atoms with Gasteiger partial charge in [0.25, 0.3) is 0 Å². The van der Waals surface area contributed by atoms with Crippen LogP contribution in [0.2, 0.25) is 0 Å². The molecule has 2 amide bonds. The largest absolute Gasteiger partial charge is 0.419 e. The maximum absolute atomic E-state index is 13.6. The van der Waals surface area contributed by atoms with Gasteiger partial charge in [0.05, 0.1) is 22.8 Å². The number of aliphatic hydroxyl groups is 1. The van der Waals surface area contributed by atoms with Crippen molar-refractivity contribution < 1.29 is 27.5 Å². The van der Waals surface area contributed by atoms with Gasteiger partial charge < -0.3 is 20.2 Å². The third kappa shape index (κ3) is 6.50. The van der Waals surface area contributed by atoms with Crippen LogP contribution in [0, 0.1) is 17.1 Å². The van der Waals surface area contributed by atoms with Crippen LogP contribution in [-0.4, -0.2) is 54.2 Å². The molecule has 3 rings (SSSR count). The highest BCUT2D eigenvalue weighted by Crippen LogP contribution is 2.39. The SMILES string of the molecule is CN(C)CCN(C(=O)Nc1ccc(F)c(C(F)(F)F)c1)[C@H]1CC[C@](O)(c2cccc(C#N)c2)CC1. The third-order valence-electron chi connectivity index (χ3n) is 6.32. The molecule has 10 heteroatoms. The molecule has 0 atom stereocenters. The van der Waals surface area contributed by atoms with Crippen LogP contribution < -0.4 is 5.32 Å². The Morgan fingerprint density at radius 1 is 1.17 bits per heavy atom. The van der Waals surface area contributed by atoms with E-state index in [0.717, 1.165) is 6.07 Å². The predicted octanol–water partition coefficient (Wildman–Crippen LogP) is 4.94. The Bertz CT molecular complexity index is 1090. The maximum Gasteiger partial charge on any atom is 0.419 e. The fourth-order valence-electron chi connectivity index (χ4n) is 4.33. The number of hydrogen-bond donors (Lipinski definition) is 2. The van der Waals surface area contributed by atoms with Crippen molar-refractivity contribution in [2.24, 2.45) is 0 Å². The van der Waals surface area contributed by atoms with Crippen molar-refractivity contribution in [2.75, 3.05) is 32.5 Å². The summed E-state index contributed by atoms with van der Waals surface area (Å²) in [6.45, 7) is 0.842. The smallest absolute Gasteiger partial charge is 0.385 e. The number of alkyl halides is 3. The fourth-order valence-corrected chi connectivity index (χ4v) is 4.33. The van der Waals surface area contributed by atoms with E-state index in [0.29, 0.717) is 62.0 Å². The first-order valence-corrected chi connectivity index (χ1v) is 11.2. The number of carbonyl (C=O) groups excluding carboxylic acids is 1. The van der Waals surface area contributed by atoms with Crippen LogP contribution in [0.15, 0.2) is 42.5 Å². The minimum Gasteiger partial charge on any atom is -0.385 e. The lowest BCUT2D eigenvalue weighted by molar-refractivity contribution is -0.139. The van der Waals surface area contributed by atoms with Gasteiger partial charge >= 0.3 is 12.2 Å². The maximum atomic E-state index is 13.6. The van der Waals surface area contributed by atoms with Gasteiger partial charge in [-0.1, -0.05) is 12.1 Å². The molecule has 1 aliphatic carbocycles. The van der Waals surface area contributed by atoms with E-state index < -0.39 is 29.2 Å². The first-order chi connectivity index (χ1) is 16.4.